The van der Waals surface area contributed by atoms with Gasteiger partial charge in [0.05, 0.1) is 12.7 Å². The van der Waals surface area contributed by atoms with E-state index >= 15 is 0 Å². The molecule has 0 amide bonds. The molecule has 0 aliphatic rings. The molecular formula is C10H9FO5S. The molecule has 0 aromatic heterocycles. The van der Waals surface area contributed by atoms with Gasteiger partial charge in [-0.25, -0.2) is 4.79 Å². The van der Waals surface area contributed by atoms with E-state index in [2.05, 4.69) is 4.74 Å². The quantitative estimate of drug-likeness (QED) is 0.464. The van der Waals surface area contributed by atoms with Gasteiger partial charge in [-0.2, -0.15) is 8.42 Å². The van der Waals surface area contributed by atoms with Gasteiger partial charge >= 0.3 is 16.2 Å². The number of hydrogen-bond acceptors (Lipinski definition) is 5. The van der Waals surface area contributed by atoms with Crippen LogP contribution in [-0.2, 0) is 15.0 Å². The first-order chi connectivity index (χ1) is 7.81. The Morgan fingerprint density at radius 2 is 2.00 bits per heavy atom. The van der Waals surface area contributed by atoms with Crippen LogP contribution >= 0.6 is 0 Å². The number of rotatable bonds is 3. The van der Waals surface area contributed by atoms with Crippen LogP contribution in [0, 0.1) is 6.92 Å². The fourth-order valence-corrected chi connectivity index (χ4v) is 2.10. The van der Waals surface area contributed by atoms with Crippen LogP contribution in [-0.4, -0.2) is 27.8 Å². The number of carbonyl (C=O) groups is 2. The summed E-state index contributed by atoms with van der Waals surface area (Å²) in [6, 6.07) is 2.01. The molecule has 5 nitrogen and oxygen atoms in total. The van der Waals surface area contributed by atoms with E-state index < -0.39 is 21.1 Å². The summed E-state index contributed by atoms with van der Waals surface area (Å²) in [7, 11) is -3.90. The Bertz CT molecular complexity index is 577. The maximum atomic E-state index is 12.9. The van der Waals surface area contributed by atoms with Crippen LogP contribution in [0.3, 0.4) is 0 Å². The van der Waals surface area contributed by atoms with Crippen molar-refractivity contribution in [2.45, 2.75) is 11.8 Å². The number of methoxy groups -OCH3 is 1. The molecule has 0 aliphatic carbocycles. The smallest absolute Gasteiger partial charge is 0.338 e. The van der Waals surface area contributed by atoms with Crippen LogP contribution in [0.4, 0.5) is 3.89 Å². The molecular weight excluding hydrogens is 251 g/mol. The van der Waals surface area contributed by atoms with Crippen molar-refractivity contribution in [2.75, 3.05) is 7.11 Å². The second-order valence-electron chi connectivity index (χ2n) is 3.24. The summed E-state index contributed by atoms with van der Waals surface area (Å²) in [6.45, 7) is 1.26. The van der Waals surface area contributed by atoms with Gasteiger partial charge in [-0.3, -0.25) is 4.79 Å². The van der Waals surface area contributed by atoms with Gasteiger partial charge in [0.2, 0.25) is 0 Å². The molecule has 0 fully saturated rings. The van der Waals surface area contributed by atoms with Gasteiger partial charge in [0.15, 0.2) is 0 Å². The van der Waals surface area contributed by atoms with Crippen molar-refractivity contribution in [3.05, 3.63) is 28.8 Å². The highest BCUT2D eigenvalue weighted by Gasteiger charge is 2.22. The number of ether oxygens (including phenoxy) is 1. The van der Waals surface area contributed by atoms with E-state index in [-0.39, 0.29) is 16.7 Å². The fraction of sp³-hybridized carbons (Fsp3) is 0.200. The Hall–Kier alpha value is -1.76. The van der Waals surface area contributed by atoms with Crippen LogP contribution in [0.25, 0.3) is 0 Å². The van der Waals surface area contributed by atoms with Crippen molar-refractivity contribution < 1.29 is 26.6 Å². The monoisotopic (exact) mass is 260 g/mol. The topological polar surface area (TPSA) is 77.5 Å². The van der Waals surface area contributed by atoms with Crippen LogP contribution < -0.4 is 0 Å². The van der Waals surface area contributed by atoms with E-state index in [0.717, 1.165) is 19.2 Å². The van der Waals surface area contributed by atoms with E-state index in [0.29, 0.717) is 6.29 Å². The highest BCUT2D eigenvalue weighted by atomic mass is 32.3. The molecule has 0 radical (unpaired) electrons. The normalized spacial score (nSPS) is 11.0. The lowest BCUT2D eigenvalue weighted by Gasteiger charge is -2.08. The average molecular weight is 260 g/mol. The van der Waals surface area contributed by atoms with Crippen LogP contribution in [0.1, 0.15) is 26.3 Å². The first-order valence-corrected chi connectivity index (χ1v) is 5.82. The summed E-state index contributed by atoms with van der Waals surface area (Å²) in [5.41, 5.74) is -0.370. The summed E-state index contributed by atoms with van der Waals surface area (Å²) < 4.78 is 39.1. The molecule has 0 bridgehead atoms. The molecule has 0 saturated heterocycles. The van der Waals surface area contributed by atoms with Crippen LogP contribution in [0.5, 0.6) is 0 Å². The van der Waals surface area contributed by atoms with Gasteiger partial charge in [0.25, 0.3) is 0 Å². The lowest BCUT2D eigenvalue weighted by molar-refractivity contribution is 0.0599. The van der Waals surface area contributed by atoms with Gasteiger partial charge in [0, 0.05) is 5.56 Å². The van der Waals surface area contributed by atoms with Crippen LogP contribution in [0.15, 0.2) is 17.0 Å². The SMILES string of the molecule is COC(=O)c1cc(C=O)cc(S(=O)(=O)F)c1C. The Kier molecular flexibility index (Phi) is 3.62. The number of benzene rings is 1. The number of aldehydes is 1. The van der Waals surface area contributed by atoms with Crippen LogP contribution in [0.2, 0.25) is 0 Å². The maximum Gasteiger partial charge on any atom is 0.338 e. The molecule has 1 rings (SSSR count). The molecule has 0 atom stereocenters. The minimum Gasteiger partial charge on any atom is -0.465 e. The lowest BCUT2D eigenvalue weighted by Crippen LogP contribution is -2.08. The molecule has 0 saturated carbocycles. The van der Waals surface area contributed by atoms with E-state index in [1.807, 2.05) is 0 Å². The Balaban J connectivity index is 3.64. The highest BCUT2D eigenvalue weighted by Crippen LogP contribution is 2.23. The van der Waals surface area contributed by atoms with Gasteiger partial charge < -0.3 is 4.74 Å². The minimum absolute atomic E-state index is 0.0926. The van der Waals surface area contributed by atoms with Gasteiger partial charge in [0.1, 0.15) is 11.2 Å². The molecule has 1 aromatic carbocycles. The van der Waals surface area contributed by atoms with E-state index in [1.54, 1.807) is 0 Å². The number of carbonyl (C=O) groups excluding carboxylic acids is 2. The molecule has 7 heteroatoms. The van der Waals surface area contributed by atoms with Gasteiger partial charge in [-0.15, -0.1) is 3.89 Å². The van der Waals surface area contributed by atoms with Gasteiger partial charge in [-0.05, 0) is 24.6 Å². The molecule has 0 unspecified atom stereocenters. The third-order valence-corrected chi connectivity index (χ3v) is 3.14. The Labute approximate surface area is 97.4 Å². The second kappa shape index (κ2) is 4.62. The number of hydrogen-bond donors (Lipinski definition) is 0. The van der Waals surface area contributed by atoms with Crippen molar-refractivity contribution in [3.8, 4) is 0 Å². The number of halogens is 1. The first kappa shape index (κ1) is 13.3. The van der Waals surface area contributed by atoms with Crippen molar-refractivity contribution in [1.29, 1.82) is 0 Å². The summed E-state index contributed by atoms with van der Waals surface area (Å²) in [6.07, 6.45) is 0.320. The Morgan fingerprint density at radius 1 is 1.41 bits per heavy atom. The standard InChI is InChI=1S/C10H9FO5S/c1-6-8(10(13)16-2)3-7(5-12)4-9(6)17(11,14)15/h3-5H,1-2H3. The molecule has 17 heavy (non-hydrogen) atoms. The predicted octanol–water partition coefficient (Wildman–Crippen LogP) is 1.25. The summed E-state index contributed by atoms with van der Waals surface area (Å²) >= 11 is 0. The molecule has 0 N–H and O–H groups in total. The van der Waals surface area contributed by atoms with Crippen molar-refractivity contribution in [3.63, 3.8) is 0 Å². The molecule has 0 spiro atoms. The second-order valence-corrected chi connectivity index (χ2v) is 4.55. The predicted molar refractivity (Wildman–Crippen MR) is 56.2 cm³/mol. The van der Waals surface area contributed by atoms with Crippen molar-refractivity contribution in [2.24, 2.45) is 0 Å². The van der Waals surface area contributed by atoms with E-state index in [4.69, 9.17) is 0 Å². The van der Waals surface area contributed by atoms with Crippen molar-refractivity contribution in [1.82, 2.24) is 0 Å². The molecule has 0 heterocycles. The molecule has 92 valence electrons. The zero-order valence-corrected chi connectivity index (χ0v) is 9.88. The third kappa shape index (κ3) is 2.68. The first-order valence-electron chi connectivity index (χ1n) is 4.44. The molecule has 1 aromatic rings. The van der Waals surface area contributed by atoms with Gasteiger partial charge in [-0.1, -0.05) is 0 Å². The van der Waals surface area contributed by atoms with Crippen molar-refractivity contribution >= 4 is 22.5 Å². The fourth-order valence-electron chi connectivity index (χ4n) is 1.35. The zero-order valence-electron chi connectivity index (χ0n) is 9.06. The lowest BCUT2D eigenvalue weighted by atomic mass is 10.1. The zero-order chi connectivity index (χ0) is 13.2. The average Bonchev–Trinajstić information content (AvgIpc) is 2.26. The number of esters is 1. The summed E-state index contributed by atoms with van der Waals surface area (Å²) in [4.78, 5) is 21.2. The van der Waals surface area contributed by atoms with E-state index in [9.17, 15) is 21.9 Å². The summed E-state index contributed by atoms with van der Waals surface area (Å²) in [5, 5.41) is 0. The van der Waals surface area contributed by atoms with E-state index in [1.165, 1.54) is 6.92 Å². The molecule has 0 aliphatic heterocycles. The largest absolute Gasteiger partial charge is 0.465 e. The third-order valence-electron chi connectivity index (χ3n) is 2.19. The highest BCUT2D eigenvalue weighted by molar-refractivity contribution is 7.86. The maximum absolute atomic E-state index is 12.9. The summed E-state index contributed by atoms with van der Waals surface area (Å²) in [5.74, 6) is -0.837. The Morgan fingerprint density at radius 3 is 2.41 bits per heavy atom. The minimum atomic E-state index is -5.00.